The zero-order valence-electron chi connectivity index (χ0n) is 40.1. The molecule has 0 aromatic rings. The van der Waals surface area contributed by atoms with Crippen LogP contribution in [-0.4, -0.2) is 131 Å². The van der Waals surface area contributed by atoms with Crippen molar-refractivity contribution in [2.75, 3.05) is 20.8 Å². The number of rotatable bonds is 6. The smallest absolute Gasteiger partial charge is 0.329 e. The molecule has 15 atom stereocenters. The minimum absolute atomic E-state index is 0.0363. The van der Waals surface area contributed by atoms with Crippen LogP contribution >= 0.6 is 0 Å². The summed E-state index contributed by atoms with van der Waals surface area (Å²) in [4.78, 5) is 74.1. The van der Waals surface area contributed by atoms with Crippen LogP contribution in [0.2, 0.25) is 0 Å². The topological polar surface area (TPSA) is 261 Å². The van der Waals surface area contributed by atoms with Crippen molar-refractivity contribution in [1.29, 1.82) is 0 Å². The van der Waals surface area contributed by atoms with Crippen LogP contribution in [0.5, 0.6) is 0 Å². The van der Waals surface area contributed by atoms with Gasteiger partial charge in [0.15, 0.2) is 5.78 Å². The van der Waals surface area contributed by atoms with Gasteiger partial charge in [0.2, 0.25) is 5.79 Å². The van der Waals surface area contributed by atoms with Crippen LogP contribution in [0.15, 0.2) is 52.7 Å². The third kappa shape index (κ3) is 14.2. The summed E-state index contributed by atoms with van der Waals surface area (Å²) in [5, 5.41) is 37.9. The molecule has 1 unspecified atom stereocenters. The Labute approximate surface area is 389 Å². The number of carbonyl (C=O) groups is 5. The molecule has 0 aromatic heterocycles. The van der Waals surface area contributed by atoms with Gasteiger partial charge in [-0.1, -0.05) is 69.3 Å². The Bertz CT molecular complexity index is 1880. The molecule has 368 valence electrons. The Kier molecular flexibility index (Phi) is 20.9. The van der Waals surface area contributed by atoms with Crippen molar-refractivity contribution in [2.45, 2.75) is 179 Å². The lowest BCUT2D eigenvalue weighted by atomic mass is 9.79. The van der Waals surface area contributed by atoms with Crippen LogP contribution in [0.1, 0.15) is 119 Å². The molecule has 2 bridgehead atoms. The minimum atomic E-state index is -2.47. The number of hydrogen-bond donors (Lipinski definition) is 4. The number of ether oxygens (including phenoxy) is 4. The fourth-order valence-electron chi connectivity index (χ4n) is 9.87. The number of allylic oxidation sites excluding steroid dienone is 6. The van der Waals surface area contributed by atoms with E-state index in [0.29, 0.717) is 57.8 Å². The van der Waals surface area contributed by atoms with Crippen LogP contribution in [-0.2, 0) is 42.9 Å². The number of aliphatic hydroxyl groups is 3. The minimum Gasteiger partial charge on any atom is -0.459 e. The summed E-state index contributed by atoms with van der Waals surface area (Å²) in [6, 6.07) is -2.46. The maximum absolute atomic E-state index is 14.3. The molecule has 1 saturated carbocycles. The van der Waals surface area contributed by atoms with E-state index in [4.69, 9.17) is 30.2 Å². The number of nitrogens with two attached hydrogens (primary N) is 1. The number of methoxy groups -OCH3 is 2. The summed E-state index contributed by atoms with van der Waals surface area (Å²) in [6.45, 7) is 10.3. The molecule has 3 fully saturated rings. The predicted molar refractivity (Wildman–Crippen MR) is 246 cm³/mol. The van der Waals surface area contributed by atoms with Crippen LogP contribution in [0, 0.1) is 29.6 Å². The normalized spacial score (nSPS) is 38.5. The maximum atomic E-state index is 14.3. The number of Topliss-reactive ketones (excluding diaryl/α,β-unsaturated/α-hetero) is 3. The Morgan fingerprint density at radius 1 is 0.924 bits per heavy atom. The summed E-state index contributed by atoms with van der Waals surface area (Å²) >= 11 is 0. The SMILES string of the molecule is CO[C@H]1C[C@@H]2CC[C@@H](C)[C@@](O)(O2)C(=O)C(=O)N2CCCC[C@H]2C(=O)O[C@H]([C@H](N)C[C@@H]2CCC(N=[N+]=[N-])[C@H](OC)C2)CC(=O)[C@H](C)/C=C(\C)[C@@H](O)[C@@H](O)C(=O)[C@H](C)C[C@H](C)/C=C/C=CC=C1C. The van der Waals surface area contributed by atoms with E-state index in [2.05, 4.69) is 10.0 Å². The van der Waals surface area contributed by atoms with Gasteiger partial charge in [0.1, 0.15) is 30.1 Å². The van der Waals surface area contributed by atoms with E-state index in [1.807, 2.05) is 44.2 Å². The van der Waals surface area contributed by atoms with Gasteiger partial charge in [-0.15, -0.1) is 0 Å². The van der Waals surface area contributed by atoms with Crippen LogP contribution in [0.3, 0.4) is 0 Å². The summed E-state index contributed by atoms with van der Waals surface area (Å²) < 4.78 is 23.7. The Morgan fingerprint density at radius 3 is 2.33 bits per heavy atom. The molecule has 1 aliphatic carbocycles. The molecule has 0 aromatic carbocycles. The highest BCUT2D eigenvalue weighted by Gasteiger charge is 2.53. The number of amides is 1. The number of nitrogens with zero attached hydrogens (tertiary/aromatic N) is 4. The second-order valence-electron chi connectivity index (χ2n) is 19.3. The van der Waals surface area contributed by atoms with E-state index in [-0.39, 0.29) is 55.4 Å². The van der Waals surface area contributed by atoms with Crippen molar-refractivity contribution in [3.8, 4) is 0 Å². The van der Waals surface area contributed by atoms with Crippen molar-refractivity contribution >= 4 is 29.2 Å². The Morgan fingerprint density at radius 2 is 1.65 bits per heavy atom. The van der Waals surface area contributed by atoms with E-state index >= 15 is 0 Å². The number of esters is 1. The van der Waals surface area contributed by atoms with Crippen LogP contribution < -0.4 is 5.73 Å². The fraction of sp³-hybridized carbons (Fsp3) is 0.735. The zero-order chi connectivity index (χ0) is 48.9. The zero-order valence-corrected chi connectivity index (χ0v) is 40.1. The first kappa shape index (κ1) is 54.5. The van der Waals surface area contributed by atoms with E-state index in [1.165, 1.54) is 20.1 Å². The first-order chi connectivity index (χ1) is 31.2. The molecular formula is C49H75N5O12. The molecule has 4 aliphatic rings. The highest BCUT2D eigenvalue weighted by atomic mass is 16.6. The molecule has 4 rings (SSSR count). The third-order valence-corrected chi connectivity index (χ3v) is 14.2. The van der Waals surface area contributed by atoms with Gasteiger partial charge in [0, 0.05) is 62.3 Å². The monoisotopic (exact) mass is 926 g/mol. The lowest BCUT2D eigenvalue weighted by molar-refractivity contribution is -0.265. The number of aliphatic hydroxyl groups excluding tert-OH is 2. The molecule has 17 nitrogen and oxygen atoms in total. The Hall–Kier alpha value is -4.06. The second-order valence-corrected chi connectivity index (χ2v) is 19.3. The molecule has 0 spiro atoms. The van der Waals surface area contributed by atoms with Crippen LogP contribution in [0.4, 0.5) is 0 Å². The average Bonchev–Trinajstić information content (AvgIpc) is 3.30. The highest BCUT2D eigenvalue weighted by molar-refractivity contribution is 6.39. The van der Waals surface area contributed by atoms with Gasteiger partial charge in [0.05, 0.1) is 24.4 Å². The summed E-state index contributed by atoms with van der Waals surface area (Å²) in [5.74, 6) is -8.82. The molecule has 3 heterocycles. The maximum Gasteiger partial charge on any atom is 0.329 e. The summed E-state index contributed by atoms with van der Waals surface area (Å²) in [7, 11) is 3.09. The number of piperidine rings is 1. The van der Waals surface area contributed by atoms with E-state index in [1.54, 1.807) is 27.9 Å². The lowest BCUT2D eigenvalue weighted by Gasteiger charge is -2.42. The quantitative estimate of drug-likeness (QED) is 0.0638. The van der Waals surface area contributed by atoms with Gasteiger partial charge in [-0.25, -0.2) is 4.79 Å². The van der Waals surface area contributed by atoms with Crippen molar-refractivity contribution < 1.29 is 58.2 Å². The third-order valence-electron chi connectivity index (χ3n) is 14.2. The van der Waals surface area contributed by atoms with Gasteiger partial charge < -0.3 is 44.9 Å². The lowest BCUT2D eigenvalue weighted by Crippen LogP contribution is -2.61. The van der Waals surface area contributed by atoms with Crippen molar-refractivity contribution in [1.82, 2.24) is 4.90 Å². The molecule has 0 radical (unpaired) electrons. The largest absolute Gasteiger partial charge is 0.459 e. The summed E-state index contributed by atoms with van der Waals surface area (Å²) in [5.41, 5.74) is 17.0. The number of cyclic esters (lactones) is 1. The van der Waals surface area contributed by atoms with Crippen molar-refractivity contribution in [2.24, 2.45) is 40.4 Å². The number of azide groups is 1. The van der Waals surface area contributed by atoms with Crippen LogP contribution in [0.25, 0.3) is 10.4 Å². The van der Waals surface area contributed by atoms with Gasteiger partial charge in [-0.2, -0.15) is 0 Å². The Balaban J connectivity index is 1.69. The summed E-state index contributed by atoms with van der Waals surface area (Å²) in [6.07, 6.45) is 9.24. The molecule has 5 N–H and O–H groups in total. The number of hydrogen-bond acceptors (Lipinski definition) is 14. The van der Waals surface area contributed by atoms with E-state index in [0.717, 1.165) is 10.5 Å². The van der Waals surface area contributed by atoms with Gasteiger partial charge in [-0.3, -0.25) is 19.2 Å². The molecule has 1 amide bonds. The van der Waals surface area contributed by atoms with Crippen molar-refractivity contribution in [3.05, 3.63) is 58.0 Å². The second kappa shape index (κ2) is 25.3. The van der Waals surface area contributed by atoms with Gasteiger partial charge >= 0.3 is 5.97 Å². The molecule has 17 heteroatoms. The molecular weight excluding hydrogens is 851 g/mol. The fourth-order valence-corrected chi connectivity index (χ4v) is 9.87. The number of carbonyl (C=O) groups excluding carboxylic acids is 5. The molecule has 2 saturated heterocycles. The van der Waals surface area contributed by atoms with Crippen molar-refractivity contribution in [3.63, 3.8) is 0 Å². The highest BCUT2D eigenvalue weighted by Crippen LogP contribution is 2.37. The van der Waals surface area contributed by atoms with Gasteiger partial charge in [0.25, 0.3) is 11.7 Å². The van der Waals surface area contributed by atoms with Gasteiger partial charge in [-0.05, 0) is 107 Å². The average molecular weight is 926 g/mol. The van der Waals surface area contributed by atoms with E-state index in [9.17, 15) is 39.3 Å². The molecule has 66 heavy (non-hydrogen) atoms. The standard InChI is InChI=1S/C49H75N5O12/c1-28-14-10-9-11-15-29(2)40(63-7)26-35-19-17-33(6)49(62,66-35)46(59)47(60)54-21-13-12-16-38(54)48(61)65-41(36(50)24-34-18-20-37(52-53-51)42(25-34)64-8)27-39(55)30(3)23-32(5)44(57)45(58)43(56)31(4)22-28/h9-11,14-15,23,28,30-31,33-38,40-42,44-45,57-58,62H,12-13,16-22,24-27,50H2,1-8H3/b11-9?,14-10+,29-15?,32-23+/t28-,30-,31-,33-,34+,35+,36-,37?,38+,40+,41+,42-,44-,45+,49-/m1/s1. The number of ketones is 3. The predicted octanol–water partition coefficient (Wildman–Crippen LogP) is 5.54. The first-order valence-corrected chi connectivity index (χ1v) is 23.7. The molecule has 3 aliphatic heterocycles. The van der Waals surface area contributed by atoms with E-state index < -0.39 is 95.4 Å². The number of fused-ring (bicyclic) bond motifs is 3. The first-order valence-electron chi connectivity index (χ1n) is 23.7.